The minimum atomic E-state index is -0.401. The monoisotopic (exact) mass is 226 g/mol. The maximum Gasteiger partial charge on any atom is 0.0577 e. The second-order valence-electron chi connectivity index (χ2n) is 6.31. The number of rotatable bonds is 0. The highest BCUT2D eigenvalue weighted by molar-refractivity contribution is 5.01. The summed E-state index contributed by atoms with van der Waals surface area (Å²) in [6.45, 7) is 3.93. The van der Waals surface area contributed by atoms with Crippen LogP contribution in [0.2, 0.25) is 0 Å². The Morgan fingerprint density at radius 2 is 1.62 bits per heavy atom. The van der Waals surface area contributed by atoms with Gasteiger partial charge in [-0.3, -0.25) is 0 Å². The van der Waals surface area contributed by atoms with Gasteiger partial charge in [0.25, 0.3) is 0 Å². The summed E-state index contributed by atoms with van der Waals surface area (Å²) in [5.74, 6) is 0. The molecule has 1 radical (unpaired) electrons. The third-order valence-corrected chi connectivity index (χ3v) is 4.37. The van der Waals surface area contributed by atoms with Crippen molar-refractivity contribution < 1.29 is 10.3 Å². The van der Waals surface area contributed by atoms with Crippen LogP contribution in [0, 0.1) is 0 Å². The van der Waals surface area contributed by atoms with Gasteiger partial charge in [0.15, 0.2) is 0 Å². The molecule has 0 aromatic rings. The number of hydrogen-bond donors (Lipinski definition) is 1. The molecule has 1 saturated heterocycles. The van der Waals surface area contributed by atoms with E-state index in [0.717, 1.165) is 25.7 Å². The van der Waals surface area contributed by atoms with E-state index in [9.17, 15) is 10.3 Å². The van der Waals surface area contributed by atoms with E-state index in [1.54, 1.807) is 0 Å². The van der Waals surface area contributed by atoms with E-state index in [0.29, 0.717) is 12.8 Å². The lowest BCUT2D eigenvalue weighted by Crippen LogP contribution is -2.62. The van der Waals surface area contributed by atoms with Gasteiger partial charge in [-0.25, -0.2) is 0 Å². The van der Waals surface area contributed by atoms with Crippen molar-refractivity contribution in [2.45, 2.75) is 82.4 Å². The number of piperidine rings is 1. The molecule has 3 heteroatoms. The maximum atomic E-state index is 12.5. The number of aliphatic hydroxyl groups is 1. The van der Waals surface area contributed by atoms with E-state index in [1.165, 1.54) is 17.9 Å². The van der Waals surface area contributed by atoms with Crippen molar-refractivity contribution in [3.05, 3.63) is 0 Å². The number of aliphatic hydroxyl groups excluding tert-OH is 1. The van der Waals surface area contributed by atoms with Crippen LogP contribution in [0.3, 0.4) is 0 Å². The second-order valence-corrected chi connectivity index (χ2v) is 6.31. The molecule has 2 rings (SSSR count). The average Bonchev–Trinajstić information content (AvgIpc) is 2.40. The van der Waals surface area contributed by atoms with Gasteiger partial charge in [0.05, 0.1) is 11.6 Å². The predicted molar refractivity (Wildman–Crippen MR) is 62.3 cm³/mol. The van der Waals surface area contributed by atoms with Crippen LogP contribution in [0.25, 0.3) is 0 Å². The molecule has 0 aromatic carbocycles. The van der Waals surface area contributed by atoms with Crippen LogP contribution in [0.5, 0.6) is 0 Å². The SMILES string of the molecule is CC1(C)CC(O)CC2(CCCCCC2)N1[O]. The summed E-state index contributed by atoms with van der Waals surface area (Å²) in [7, 11) is 0. The first kappa shape index (κ1) is 12.3. The first-order valence-electron chi connectivity index (χ1n) is 6.62. The summed E-state index contributed by atoms with van der Waals surface area (Å²) in [6, 6.07) is 0. The van der Waals surface area contributed by atoms with Gasteiger partial charge in [-0.05, 0) is 39.5 Å². The van der Waals surface area contributed by atoms with Crippen molar-refractivity contribution >= 4 is 0 Å². The summed E-state index contributed by atoms with van der Waals surface area (Å²) in [5.41, 5.74) is -0.667. The lowest BCUT2D eigenvalue weighted by Gasteiger charge is -2.52. The van der Waals surface area contributed by atoms with Gasteiger partial charge in [-0.15, -0.1) is 10.3 Å². The Morgan fingerprint density at radius 1 is 1.06 bits per heavy atom. The standard InChI is InChI=1S/C13H24NO2/c1-12(2)9-11(15)10-13(14(12)16)7-5-3-4-6-8-13/h11,15H,3-10H2,1-2H3. The molecule has 93 valence electrons. The largest absolute Gasteiger partial charge is 0.393 e. The number of nitrogens with zero attached hydrogens (tertiary/aromatic N) is 1. The minimum absolute atomic E-state index is 0.266. The van der Waals surface area contributed by atoms with Crippen molar-refractivity contribution in [1.29, 1.82) is 0 Å². The van der Waals surface area contributed by atoms with E-state index >= 15 is 0 Å². The highest BCUT2D eigenvalue weighted by Crippen LogP contribution is 2.44. The molecule has 0 aromatic heterocycles. The van der Waals surface area contributed by atoms with Crippen LogP contribution in [0.1, 0.15) is 65.2 Å². The first-order chi connectivity index (χ1) is 7.46. The average molecular weight is 226 g/mol. The van der Waals surface area contributed by atoms with Gasteiger partial charge >= 0.3 is 0 Å². The Morgan fingerprint density at radius 3 is 2.19 bits per heavy atom. The van der Waals surface area contributed by atoms with Crippen LogP contribution in [0.4, 0.5) is 0 Å². The zero-order chi connectivity index (χ0) is 11.8. The third-order valence-electron chi connectivity index (χ3n) is 4.37. The van der Waals surface area contributed by atoms with E-state index in [4.69, 9.17) is 0 Å². The zero-order valence-electron chi connectivity index (χ0n) is 10.5. The normalized spacial score (nSPS) is 34.9. The zero-order valence-corrected chi connectivity index (χ0v) is 10.5. The van der Waals surface area contributed by atoms with E-state index in [-0.39, 0.29) is 11.6 Å². The van der Waals surface area contributed by atoms with Crippen molar-refractivity contribution in [3.8, 4) is 0 Å². The van der Waals surface area contributed by atoms with E-state index in [1.807, 2.05) is 13.8 Å². The summed E-state index contributed by atoms with van der Waals surface area (Å²) in [5, 5.41) is 23.9. The molecular weight excluding hydrogens is 202 g/mol. The lowest BCUT2D eigenvalue weighted by molar-refractivity contribution is -0.310. The Kier molecular flexibility index (Phi) is 3.30. The predicted octanol–water partition coefficient (Wildman–Crippen LogP) is 2.66. The highest BCUT2D eigenvalue weighted by Gasteiger charge is 2.50. The molecule has 1 aliphatic heterocycles. The summed E-state index contributed by atoms with van der Waals surface area (Å²) >= 11 is 0. The fourth-order valence-corrected chi connectivity index (χ4v) is 3.69. The molecule has 1 spiro atoms. The van der Waals surface area contributed by atoms with Crippen LogP contribution in [-0.2, 0) is 5.21 Å². The van der Waals surface area contributed by atoms with Crippen molar-refractivity contribution in [2.24, 2.45) is 0 Å². The van der Waals surface area contributed by atoms with Crippen LogP contribution < -0.4 is 0 Å². The maximum absolute atomic E-state index is 12.5. The molecule has 1 atom stereocenters. The molecule has 1 heterocycles. The Hall–Kier alpha value is -0.120. The molecule has 0 amide bonds. The summed E-state index contributed by atoms with van der Waals surface area (Å²) in [4.78, 5) is 0. The van der Waals surface area contributed by atoms with Crippen LogP contribution >= 0.6 is 0 Å². The first-order valence-corrected chi connectivity index (χ1v) is 6.62. The van der Waals surface area contributed by atoms with Crippen LogP contribution in [-0.4, -0.2) is 27.4 Å². The molecular formula is C13H24NO2. The van der Waals surface area contributed by atoms with E-state index < -0.39 is 5.54 Å². The summed E-state index contributed by atoms with van der Waals surface area (Å²) in [6.07, 6.45) is 7.70. The number of hydrogen-bond acceptors (Lipinski definition) is 2. The lowest BCUT2D eigenvalue weighted by atomic mass is 9.74. The molecule has 1 N–H and O–H groups in total. The quantitative estimate of drug-likeness (QED) is 0.690. The molecule has 16 heavy (non-hydrogen) atoms. The third kappa shape index (κ3) is 2.13. The Labute approximate surface area is 98.4 Å². The fraction of sp³-hybridized carbons (Fsp3) is 1.00. The second kappa shape index (κ2) is 4.28. The van der Waals surface area contributed by atoms with Gasteiger partial charge in [0, 0.05) is 5.54 Å². The Bertz CT molecular complexity index is 244. The molecule has 1 saturated carbocycles. The van der Waals surface area contributed by atoms with Crippen LogP contribution in [0.15, 0.2) is 0 Å². The van der Waals surface area contributed by atoms with Gasteiger partial charge in [0.2, 0.25) is 0 Å². The van der Waals surface area contributed by atoms with Crippen molar-refractivity contribution in [2.75, 3.05) is 0 Å². The molecule has 1 unspecified atom stereocenters. The smallest absolute Gasteiger partial charge is 0.0577 e. The molecule has 3 nitrogen and oxygen atoms in total. The highest BCUT2D eigenvalue weighted by atomic mass is 16.5. The van der Waals surface area contributed by atoms with Gasteiger partial charge in [-0.1, -0.05) is 25.7 Å². The van der Waals surface area contributed by atoms with Crippen molar-refractivity contribution in [1.82, 2.24) is 5.06 Å². The van der Waals surface area contributed by atoms with Gasteiger partial charge < -0.3 is 5.11 Å². The van der Waals surface area contributed by atoms with E-state index in [2.05, 4.69) is 0 Å². The summed E-state index contributed by atoms with van der Waals surface area (Å²) < 4.78 is 0. The molecule has 2 fully saturated rings. The minimum Gasteiger partial charge on any atom is -0.393 e. The molecule has 2 aliphatic rings. The van der Waals surface area contributed by atoms with Gasteiger partial charge in [0.1, 0.15) is 0 Å². The number of hydroxylamine groups is 2. The molecule has 1 aliphatic carbocycles. The fourth-order valence-electron chi connectivity index (χ4n) is 3.69. The van der Waals surface area contributed by atoms with Crippen molar-refractivity contribution in [3.63, 3.8) is 0 Å². The molecule has 0 bridgehead atoms. The van der Waals surface area contributed by atoms with Gasteiger partial charge in [-0.2, -0.15) is 0 Å². The topological polar surface area (TPSA) is 43.4 Å². The Balaban J connectivity index is 2.22.